The number of hydrogen-bond acceptors (Lipinski definition) is 6. The van der Waals surface area contributed by atoms with Crippen LogP contribution >= 0.6 is 0 Å². The summed E-state index contributed by atoms with van der Waals surface area (Å²) in [5.74, 6) is 5.20. The zero-order chi connectivity index (χ0) is 17.0. The van der Waals surface area contributed by atoms with E-state index in [9.17, 15) is 4.79 Å². The maximum absolute atomic E-state index is 11.0. The average Bonchev–Trinajstić information content (AvgIpc) is 2.54. The minimum atomic E-state index is -1.11. The van der Waals surface area contributed by atoms with Crippen molar-refractivity contribution in [3.05, 3.63) is 66.3 Å². The summed E-state index contributed by atoms with van der Waals surface area (Å²) < 4.78 is 0. The summed E-state index contributed by atoms with van der Waals surface area (Å²) in [5.41, 5.74) is 8.23. The summed E-state index contributed by atoms with van der Waals surface area (Å²) in [4.78, 5) is 19.0. The van der Waals surface area contributed by atoms with Gasteiger partial charge in [0.15, 0.2) is 5.69 Å². The van der Waals surface area contributed by atoms with Gasteiger partial charge in [-0.3, -0.25) is 9.99 Å². The lowest BCUT2D eigenvalue weighted by atomic mass is 10.1. The summed E-state index contributed by atoms with van der Waals surface area (Å²) in [6.45, 7) is 5.72. The second-order valence-electron chi connectivity index (χ2n) is 4.87. The van der Waals surface area contributed by atoms with E-state index in [1.54, 1.807) is 43.6 Å². The van der Waals surface area contributed by atoms with Gasteiger partial charge >= 0.3 is 5.97 Å². The Morgan fingerprint density at radius 2 is 2.13 bits per heavy atom. The predicted octanol–water partition coefficient (Wildman–Crippen LogP) is 2.05. The number of aromatic carboxylic acids is 1. The standard InChI is InChI=1S/C16H17N5O2/c1-10(12-7-13(17)9-19-8-12)6-11(2)21(18)15-5-3-4-14(20-15)16(22)23/h3-9H,1,17-18H2,2H3,(H,22,23)/b11-6+. The van der Waals surface area contributed by atoms with Crippen LogP contribution in [0.5, 0.6) is 0 Å². The molecule has 0 amide bonds. The van der Waals surface area contributed by atoms with Crippen molar-refractivity contribution in [1.29, 1.82) is 0 Å². The number of aromatic nitrogens is 2. The minimum absolute atomic E-state index is 0.0791. The normalized spacial score (nSPS) is 11.1. The number of carboxylic acid groups (broad SMARTS) is 1. The van der Waals surface area contributed by atoms with Crippen LogP contribution in [0, 0.1) is 0 Å². The number of carbonyl (C=O) groups is 1. The van der Waals surface area contributed by atoms with Crippen molar-refractivity contribution in [3.8, 4) is 0 Å². The largest absolute Gasteiger partial charge is 0.477 e. The Bertz CT molecular complexity index is 786. The van der Waals surface area contributed by atoms with Crippen LogP contribution < -0.4 is 16.6 Å². The highest BCUT2D eigenvalue weighted by atomic mass is 16.4. The highest BCUT2D eigenvalue weighted by molar-refractivity contribution is 5.85. The molecule has 23 heavy (non-hydrogen) atoms. The fourth-order valence-electron chi connectivity index (χ4n) is 1.90. The van der Waals surface area contributed by atoms with E-state index in [2.05, 4.69) is 16.5 Å². The number of nitrogen functional groups attached to an aromatic ring is 1. The van der Waals surface area contributed by atoms with Gasteiger partial charge < -0.3 is 10.8 Å². The average molecular weight is 311 g/mol. The van der Waals surface area contributed by atoms with Gasteiger partial charge in [0.2, 0.25) is 0 Å². The molecule has 2 rings (SSSR count). The van der Waals surface area contributed by atoms with E-state index in [4.69, 9.17) is 16.7 Å². The Hall–Kier alpha value is -3.19. The van der Waals surface area contributed by atoms with Gasteiger partial charge in [0.1, 0.15) is 5.82 Å². The molecule has 0 unspecified atom stereocenters. The van der Waals surface area contributed by atoms with E-state index in [-0.39, 0.29) is 5.69 Å². The van der Waals surface area contributed by atoms with Crippen LogP contribution in [0.2, 0.25) is 0 Å². The number of rotatable bonds is 5. The molecule has 0 aromatic carbocycles. The molecule has 0 saturated carbocycles. The molecule has 0 saturated heterocycles. The van der Waals surface area contributed by atoms with Crippen LogP contribution in [-0.2, 0) is 0 Å². The Morgan fingerprint density at radius 1 is 1.39 bits per heavy atom. The van der Waals surface area contributed by atoms with Crippen LogP contribution in [0.1, 0.15) is 23.0 Å². The molecule has 0 bridgehead atoms. The van der Waals surface area contributed by atoms with Crippen LogP contribution in [0.3, 0.4) is 0 Å². The van der Waals surface area contributed by atoms with Crippen LogP contribution in [0.4, 0.5) is 11.5 Å². The zero-order valence-electron chi connectivity index (χ0n) is 12.6. The topological polar surface area (TPSA) is 118 Å². The zero-order valence-corrected chi connectivity index (χ0v) is 12.6. The highest BCUT2D eigenvalue weighted by Gasteiger charge is 2.10. The predicted molar refractivity (Wildman–Crippen MR) is 89.3 cm³/mol. The third-order valence-electron chi connectivity index (χ3n) is 3.09. The lowest BCUT2D eigenvalue weighted by Gasteiger charge is -2.19. The van der Waals surface area contributed by atoms with Gasteiger partial charge in [-0.2, -0.15) is 0 Å². The van der Waals surface area contributed by atoms with E-state index >= 15 is 0 Å². The van der Waals surface area contributed by atoms with Gasteiger partial charge in [0.05, 0.1) is 5.69 Å². The molecule has 0 fully saturated rings. The number of pyridine rings is 2. The molecule has 0 aliphatic rings. The number of hydrazine groups is 1. The Labute approximate surface area is 133 Å². The van der Waals surface area contributed by atoms with Crippen molar-refractivity contribution in [2.75, 3.05) is 10.7 Å². The number of allylic oxidation sites excluding steroid dienone is 3. The first-order chi connectivity index (χ1) is 10.9. The summed E-state index contributed by atoms with van der Waals surface area (Å²) in [7, 11) is 0. The van der Waals surface area contributed by atoms with Gasteiger partial charge in [-0.05, 0) is 36.8 Å². The van der Waals surface area contributed by atoms with E-state index in [1.165, 1.54) is 11.1 Å². The molecule has 5 N–H and O–H groups in total. The number of hydrogen-bond donors (Lipinski definition) is 3. The van der Waals surface area contributed by atoms with Crippen molar-refractivity contribution in [3.63, 3.8) is 0 Å². The highest BCUT2D eigenvalue weighted by Crippen LogP contribution is 2.19. The molecule has 0 aliphatic carbocycles. The minimum Gasteiger partial charge on any atom is -0.477 e. The Morgan fingerprint density at radius 3 is 2.78 bits per heavy atom. The number of anilines is 2. The molecule has 0 aliphatic heterocycles. The maximum atomic E-state index is 11.0. The summed E-state index contributed by atoms with van der Waals surface area (Å²) in [5, 5.41) is 10.3. The molecule has 0 atom stereocenters. The smallest absolute Gasteiger partial charge is 0.354 e. The fourth-order valence-corrected chi connectivity index (χ4v) is 1.90. The summed E-state index contributed by atoms with van der Waals surface area (Å²) in [6, 6.07) is 6.35. The molecule has 0 radical (unpaired) electrons. The molecule has 2 aromatic rings. The van der Waals surface area contributed by atoms with Crippen LogP contribution in [-0.4, -0.2) is 21.0 Å². The molecule has 2 heterocycles. The van der Waals surface area contributed by atoms with E-state index in [1.807, 2.05) is 0 Å². The third-order valence-corrected chi connectivity index (χ3v) is 3.09. The second-order valence-corrected chi connectivity index (χ2v) is 4.87. The first kappa shape index (κ1) is 16.2. The molecule has 7 heteroatoms. The molecular formula is C16H17N5O2. The number of nitrogens with zero attached hydrogens (tertiary/aromatic N) is 3. The molecule has 7 nitrogen and oxygen atoms in total. The molecule has 2 aromatic heterocycles. The summed E-state index contributed by atoms with van der Waals surface area (Å²) >= 11 is 0. The number of carboxylic acids is 1. The maximum Gasteiger partial charge on any atom is 0.354 e. The van der Waals surface area contributed by atoms with E-state index < -0.39 is 5.97 Å². The summed E-state index contributed by atoms with van der Waals surface area (Å²) in [6.07, 6.45) is 4.93. The SMILES string of the molecule is C=C(/C=C(\C)N(N)c1cccc(C(=O)O)n1)c1cncc(N)c1. The third kappa shape index (κ3) is 3.92. The lowest BCUT2D eigenvalue weighted by Crippen LogP contribution is -2.30. The fraction of sp³-hybridized carbons (Fsp3) is 0.0625. The molecule has 0 spiro atoms. The first-order valence-electron chi connectivity index (χ1n) is 6.72. The van der Waals surface area contributed by atoms with Gasteiger partial charge in [-0.15, -0.1) is 0 Å². The van der Waals surface area contributed by atoms with Gasteiger partial charge in [-0.25, -0.2) is 15.6 Å². The molecular weight excluding hydrogens is 294 g/mol. The van der Waals surface area contributed by atoms with Crippen molar-refractivity contribution < 1.29 is 9.90 Å². The van der Waals surface area contributed by atoms with Gasteiger partial charge in [0.25, 0.3) is 0 Å². The second kappa shape index (κ2) is 6.71. The number of nitrogens with two attached hydrogens (primary N) is 2. The quantitative estimate of drug-likeness (QED) is 0.439. The van der Waals surface area contributed by atoms with E-state index in [0.717, 1.165) is 5.56 Å². The van der Waals surface area contributed by atoms with Gasteiger partial charge in [-0.1, -0.05) is 12.6 Å². The lowest BCUT2D eigenvalue weighted by molar-refractivity contribution is 0.0690. The van der Waals surface area contributed by atoms with Crippen molar-refractivity contribution in [1.82, 2.24) is 9.97 Å². The monoisotopic (exact) mass is 311 g/mol. The first-order valence-corrected chi connectivity index (χ1v) is 6.72. The Kier molecular flexibility index (Phi) is 4.72. The Balaban J connectivity index is 2.25. The van der Waals surface area contributed by atoms with Crippen LogP contribution in [0.25, 0.3) is 5.57 Å². The van der Waals surface area contributed by atoms with Crippen molar-refractivity contribution in [2.45, 2.75) is 6.92 Å². The van der Waals surface area contributed by atoms with Gasteiger partial charge in [0, 0.05) is 23.7 Å². The van der Waals surface area contributed by atoms with Crippen LogP contribution in [0.15, 0.2) is 55.0 Å². The van der Waals surface area contributed by atoms with Crippen molar-refractivity contribution >= 4 is 23.0 Å². The van der Waals surface area contributed by atoms with E-state index in [0.29, 0.717) is 22.8 Å². The van der Waals surface area contributed by atoms with Crippen molar-refractivity contribution in [2.24, 2.45) is 5.84 Å². The molecule has 118 valence electrons.